The summed E-state index contributed by atoms with van der Waals surface area (Å²) in [5.74, 6) is 1.13. The first-order valence-electron chi connectivity index (χ1n) is 8.34. The van der Waals surface area contributed by atoms with Crippen LogP contribution in [-0.4, -0.2) is 59.3 Å². The average Bonchev–Trinajstić information content (AvgIpc) is 3.06. The van der Waals surface area contributed by atoms with Gasteiger partial charge >= 0.3 is 0 Å². The lowest BCUT2D eigenvalue weighted by atomic mass is 10.1. The number of benzene rings is 1. The van der Waals surface area contributed by atoms with E-state index in [0.29, 0.717) is 0 Å². The molecule has 0 saturated carbocycles. The number of morpholine rings is 1. The van der Waals surface area contributed by atoms with E-state index in [9.17, 15) is 0 Å². The smallest absolute Gasteiger partial charge is 0.167 e. The molecule has 4 nitrogen and oxygen atoms in total. The molecule has 24 heavy (non-hydrogen) atoms. The normalized spacial score (nSPS) is 15.8. The maximum Gasteiger partial charge on any atom is 0.167 e. The van der Waals surface area contributed by atoms with Gasteiger partial charge in [0.1, 0.15) is 0 Å². The first-order chi connectivity index (χ1) is 11.8. The number of hydrogen-bond donors (Lipinski definition) is 0. The fourth-order valence-electron chi connectivity index (χ4n) is 2.89. The van der Waals surface area contributed by atoms with Crippen molar-refractivity contribution in [3.63, 3.8) is 0 Å². The zero-order chi connectivity index (χ0) is 16.8. The van der Waals surface area contributed by atoms with E-state index in [4.69, 9.17) is 4.74 Å². The highest BCUT2D eigenvalue weighted by Crippen LogP contribution is 2.26. The summed E-state index contributed by atoms with van der Waals surface area (Å²) in [6.45, 7) is 8.15. The number of hydrogen-bond acceptors (Lipinski definition) is 5. The van der Waals surface area contributed by atoms with Crippen LogP contribution in [0.1, 0.15) is 11.1 Å². The van der Waals surface area contributed by atoms with Gasteiger partial charge in [0.05, 0.1) is 13.2 Å². The molecule has 6 heteroatoms. The van der Waals surface area contributed by atoms with Gasteiger partial charge in [0.25, 0.3) is 0 Å². The van der Waals surface area contributed by atoms with Crippen molar-refractivity contribution in [3.8, 4) is 0 Å². The van der Waals surface area contributed by atoms with Gasteiger partial charge in [-0.05, 0) is 30.4 Å². The van der Waals surface area contributed by atoms with Gasteiger partial charge in [-0.2, -0.15) is 0 Å². The molecule has 2 heterocycles. The van der Waals surface area contributed by atoms with E-state index in [1.165, 1.54) is 16.0 Å². The molecule has 0 aliphatic carbocycles. The largest absolute Gasteiger partial charge is 0.379 e. The molecule has 0 N–H and O–H groups in total. The molecule has 0 radical (unpaired) electrons. The van der Waals surface area contributed by atoms with Crippen LogP contribution in [0.15, 0.2) is 40.6 Å². The summed E-state index contributed by atoms with van der Waals surface area (Å²) in [7, 11) is 0. The third-order valence-electron chi connectivity index (χ3n) is 4.37. The first-order valence-corrected chi connectivity index (χ1v) is 10.6. The SMILES string of the molecule is CSc1nccn1Cc1cccc(SCCN2CCOCC2)c1C. The molecule has 0 atom stereocenters. The fraction of sp³-hybridized carbons (Fsp3) is 0.500. The number of rotatable bonds is 7. The third kappa shape index (κ3) is 4.57. The first kappa shape index (κ1) is 17.9. The van der Waals surface area contributed by atoms with Crippen LogP contribution in [0.4, 0.5) is 0 Å². The van der Waals surface area contributed by atoms with E-state index in [1.807, 2.05) is 18.0 Å². The minimum Gasteiger partial charge on any atom is -0.379 e. The Bertz CT molecular complexity index is 653. The van der Waals surface area contributed by atoms with E-state index in [-0.39, 0.29) is 0 Å². The van der Waals surface area contributed by atoms with E-state index in [1.54, 1.807) is 11.8 Å². The quantitative estimate of drug-likeness (QED) is 0.704. The highest BCUT2D eigenvalue weighted by Gasteiger charge is 2.11. The highest BCUT2D eigenvalue weighted by atomic mass is 32.2. The predicted molar refractivity (Wildman–Crippen MR) is 102 cm³/mol. The van der Waals surface area contributed by atoms with Crippen LogP contribution in [0.2, 0.25) is 0 Å². The van der Waals surface area contributed by atoms with Crippen molar-refractivity contribution in [2.24, 2.45) is 0 Å². The van der Waals surface area contributed by atoms with Gasteiger partial charge in [-0.25, -0.2) is 4.98 Å². The van der Waals surface area contributed by atoms with E-state index in [0.717, 1.165) is 50.3 Å². The van der Waals surface area contributed by atoms with Crippen molar-refractivity contribution in [1.29, 1.82) is 0 Å². The monoisotopic (exact) mass is 363 g/mol. The summed E-state index contributed by atoms with van der Waals surface area (Å²) in [6, 6.07) is 6.65. The lowest BCUT2D eigenvalue weighted by Crippen LogP contribution is -2.37. The van der Waals surface area contributed by atoms with E-state index >= 15 is 0 Å². The lowest BCUT2D eigenvalue weighted by molar-refractivity contribution is 0.0410. The molecule has 1 aliphatic rings. The van der Waals surface area contributed by atoms with E-state index in [2.05, 4.69) is 52.0 Å². The Balaban J connectivity index is 1.60. The van der Waals surface area contributed by atoms with Gasteiger partial charge in [-0.1, -0.05) is 23.9 Å². The van der Waals surface area contributed by atoms with Gasteiger partial charge in [0.15, 0.2) is 5.16 Å². The zero-order valence-electron chi connectivity index (χ0n) is 14.4. The van der Waals surface area contributed by atoms with Gasteiger partial charge in [0.2, 0.25) is 0 Å². The summed E-state index contributed by atoms with van der Waals surface area (Å²) >= 11 is 3.66. The lowest BCUT2D eigenvalue weighted by Gasteiger charge is -2.26. The minimum absolute atomic E-state index is 0.877. The molecule has 3 rings (SSSR count). The molecule has 0 unspecified atom stereocenters. The second kappa shape index (κ2) is 8.94. The summed E-state index contributed by atoms with van der Waals surface area (Å²) in [5.41, 5.74) is 2.77. The average molecular weight is 364 g/mol. The molecular weight excluding hydrogens is 338 g/mol. The van der Waals surface area contributed by atoms with Crippen LogP contribution in [-0.2, 0) is 11.3 Å². The van der Waals surface area contributed by atoms with Gasteiger partial charge < -0.3 is 9.30 Å². The Kier molecular flexibility index (Phi) is 6.66. The van der Waals surface area contributed by atoms with Crippen LogP contribution >= 0.6 is 23.5 Å². The van der Waals surface area contributed by atoms with Crippen molar-refractivity contribution in [3.05, 3.63) is 41.7 Å². The van der Waals surface area contributed by atoms with Crippen molar-refractivity contribution in [1.82, 2.24) is 14.5 Å². The molecule has 1 aliphatic heterocycles. The van der Waals surface area contributed by atoms with Crippen molar-refractivity contribution in [2.75, 3.05) is 44.9 Å². The Morgan fingerprint density at radius 1 is 1.25 bits per heavy atom. The summed E-state index contributed by atoms with van der Waals surface area (Å²) < 4.78 is 7.63. The van der Waals surface area contributed by atoms with Crippen molar-refractivity contribution in [2.45, 2.75) is 23.5 Å². The number of aromatic nitrogens is 2. The molecule has 0 amide bonds. The maximum atomic E-state index is 5.41. The molecule has 2 aromatic rings. The molecule has 1 aromatic heterocycles. The fourth-order valence-corrected chi connectivity index (χ4v) is 4.50. The number of nitrogens with zero attached hydrogens (tertiary/aromatic N) is 3. The number of thioether (sulfide) groups is 2. The molecule has 1 aromatic carbocycles. The van der Waals surface area contributed by atoms with Crippen molar-refractivity contribution >= 4 is 23.5 Å². The zero-order valence-corrected chi connectivity index (χ0v) is 16.0. The Morgan fingerprint density at radius 2 is 2.08 bits per heavy atom. The van der Waals surface area contributed by atoms with Crippen LogP contribution in [0.3, 0.4) is 0 Å². The minimum atomic E-state index is 0.877. The molecule has 1 fully saturated rings. The molecular formula is C18H25N3OS2. The van der Waals surface area contributed by atoms with Gasteiger partial charge in [-0.3, -0.25) is 4.90 Å². The Hall–Kier alpha value is -0.950. The standard InChI is InChI=1S/C18H25N3OS2/c1-15-16(14-21-7-6-19-18(21)23-2)4-3-5-17(15)24-13-10-20-8-11-22-12-9-20/h3-7H,8-14H2,1-2H3. The predicted octanol–water partition coefficient (Wildman–Crippen LogP) is 3.39. The second-order valence-electron chi connectivity index (χ2n) is 5.88. The van der Waals surface area contributed by atoms with Gasteiger partial charge in [-0.15, -0.1) is 11.8 Å². The van der Waals surface area contributed by atoms with Gasteiger partial charge in [0, 0.05) is 49.2 Å². The maximum absolute atomic E-state index is 5.41. The topological polar surface area (TPSA) is 30.3 Å². The summed E-state index contributed by atoms with van der Waals surface area (Å²) in [4.78, 5) is 8.28. The third-order valence-corrected chi connectivity index (χ3v) is 6.21. The molecule has 1 saturated heterocycles. The molecule has 0 bridgehead atoms. The Labute approximate surface area is 153 Å². The van der Waals surface area contributed by atoms with Crippen molar-refractivity contribution < 1.29 is 4.74 Å². The van der Waals surface area contributed by atoms with Crippen LogP contribution in [0.25, 0.3) is 0 Å². The van der Waals surface area contributed by atoms with Crippen LogP contribution < -0.4 is 0 Å². The van der Waals surface area contributed by atoms with Crippen LogP contribution in [0, 0.1) is 6.92 Å². The number of imidazole rings is 1. The second-order valence-corrected chi connectivity index (χ2v) is 7.79. The highest BCUT2D eigenvalue weighted by molar-refractivity contribution is 7.99. The molecule has 0 spiro atoms. The summed E-state index contributed by atoms with van der Waals surface area (Å²) in [5, 5.41) is 1.07. The molecule has 130 valence electrons. The number of ether oxygens (including phenoxy) is 1. The Morgan fingerprint density at radius 3 is 2.88 bits per heavy atom. The van der Waals surface area contributed by atoms with Crippen LogP contribution in [0.5, 0.6) is 0 Å². The van der Waals surface area contributed by atoms with E-state index < -0.39 is 0 Å². The summed E-state index contributed by atoms with van der Waals surface area (Å²) in [6.07, 6.45) is 6.01.